The van der Waals surface area contributed by atoms with Crippen molar-refractivity contribution in [3.8, 4) is 0 Å². The second kappa shape index (κ2) is 6.95. The third-order valence-electron chi connectivity index (χ3n) is 1.82. The second-order valence-corrected chi connectivity index (χ2v) is 5.11. The van der Waals surface area contributed by atoms with Gasteiger partial charge in [-0.2, -0.15) is 0 Å². The molecule has 1 N–H and O–H groups in total. The quantitative estimate of drug-likeness (QED) is 0.675. The summed E-state index contributed by atoms with van der Waals surface area (Å²) in [6.07, 6.45) is 2.18. The minimum Gasteiger partial charge on any atom is -0.349 e. The van der Waals surface area contributed by atoms with Crippen LogP contribution in [0.4, 0.5) is 0 Å². The van der Waals surface area contributed by atoms with E-state index in [4.69, 9.17) is 0 Å². The first kappa shape index (κ1) is 13.6. The molecule has 0 aliphatic carbocycles. The van der Waals surface area contributed by atoms with E-state index in [2.05, 4.69) is 5.32 Å². The fraction of sp³-hybridized carbons (Fsp3) is 0.889. The Hall–Kier alpha value is -0.420. The molecule has 0 rings (SSSR count). The number of hydrogen-bond donors (Lipinski definition) is 1. The van der Waals surface area contributed by atoms with Crippen LogP contribution in [-0.4, -0.2) is 53.7 Å². The van der Waals surface area contributed by atoms with Gasteiger partial charge in [0.1, 0.15) is 0 Å². The molecule has 1 amide bonds. The van der Waals surface area contributed by atoms with E-state index in [0.717, 1.165) is 0 Å². The van der Waals surface area contributed by atoms with Gasteiger partial charge in [0.25, 0.3) is 0 Å². The molecular formula is C9H20N2O2S. The lowest BCUT2D eigenvalue weighted by molar-refractivity contribution is -0.128. The summed E-state index contributed by atoms with van der Waals surface area (Å²) in [5.74, 6) is 0.748. The molecule has 0 radical (unpaired) electrons. The lowest BCUT2D eigenvalue weighted by atomic mass is 10.3. The molecule has 0 saturated heterocycles. The zero-order valence-corrected chi connectivity index (χ0v) is 10.2. The zero-order valence-electron chi connectivity index (χ0n) is 9.37. The SMILES string of the molecule is CC(CS(C)=O)NCCC(=O)N(C)C. The summed E-state index contributed by atoms with van der Waals surface area (Å²) in [4.78, 5) is 12.7. The van der Waals surface area contributed by atoms with Gasteiger partial charge in [0.15, 0.2) is 0 Å². The predicted octanol–water partition coefficient (Wildman–Crippen LogP) is -0.179. The monoisotopic (exact) mass is 220 g/mol. The van der Waals surface area contributed by atoms with Gasteiger partial charge in [-0.15, -0.1) is 0 Å². The fourth-order valence-electron chi connectivity index (χ4n) is 1.06. The second-order valence-electron chi connectivity index (χ2n) is 3.63. The highest BCUT2D eigenvalue weighted by Gasteiger charge is 2.06. The number of hydrogen-bond acceptors (Lipinski definition) is 3. The Morgan fingerprint density at radius 2 is 2.07 bits per heavy atom. The lowest BCUT2D eigenvalue weighted by Crippen LogP contribution is -2.34. The van der Waals surface area contributed by atoms with Crippen LogP contribution in [-0.2, 0) is 15.6 Å². The number of carbonyl (C=O) groups excluding carboxylic acids is 1. The molecule has 0 aromatic rings. The molecule has 0 bridgehead atoms. The first-order valence-electron chi connectivity index (χ1n) is 4.67. The van der Waals surface area contributed by atoms with Crippen LogP contribution >= 0.6 is 0 Å². The Kier molecular flexibility index (Phi) is 6.74. The van der Waals surface area contributed by atoms with E-state index in [9.17, 15) is 9.00 Å². The van der Waals surface area contributed by atoms with Crippen molar-refractivity contribution in [2.24, 2.45) is 0 Å². The van der Waals surface area contributed by atoms with Crippen molar-refractivity contribution in [1.82, 2.24) is 10.2 Å². The maximum Gasteiger partial charge on any atom is 0.223 e. The van der Waals surface area contributed by atoms with Crippen LogP contribution in [0.3, 0.4) is 0 Å². The average molecular weight is 220 g/mol. The zero-order chi connectivity index (χ0) is 11.1. The first-order valence-corrected chi connectivity index (χ1v) is 6.39. The van der Waals surface area contributed by atoms with Gasteiger partial charge in [-0.3, -0.25) is 9.00 Å². The van der Waals surface area contributed by atoms with Crippen molar-refractivity contribution < 1.29 is 9.00 Å². The summed E-state index contributed by atoms with van der Waals surface area (Å²) in [5, 5.41) is 3.16. The van der Waals surface area contributed by atoms with Crippen LogP contribution in [0.2, 0.25) is 0 Å². The van der Waals surface area contributed by atoms with E-state index >= 15 is 0 Å². The Balaban J connectivity index is 3.54. The Labute approximate surface area is 88.5 Å². The van der Waals surface area contributed by atoms with Gasteiger partial charge in [-0.1, -0.05) is 0 Å². The van der Waals surface area contributed by atoms with Crippen molar-refractivity contribution in [1.29, 1.82) is 0 Å². The van der Waals surface area contributed by atoms with Crippen LogP contribution in [0.1, 0.15) is 13.3 Å². The number of nitrogens with one attached hydrogen (secondary N) is 1. The molecule has 0 saturated carbocycles. The topological polar surface area (TPSA) is 49.4 Å². The standard InChI is InChI=1S/C9H20N2O2S/c1-8(7-14(4)13)10-6-5-9(12)11(2)3/h8,10H,5-7H2,1-4H3. The molecule has 14 heavy (non-hydrogen) atoms. The largest absolute Gasteiger partial charge is 0.349 e. The first-order chi connectivity index (χ1) is 6.43. The predicted molar refractivity (Wildman–Crippen MR) is 59.7 cm³/mol. The molecule has 2 unspecified atom stereocenters. The van der Waals surface area contributed by atoms with Gasteiger partial charge < -0.3 is 10.2 Å². The third kappa shape index (κ3) is 7.03. The Bertz CT molecular complexity index is 207. The van der Waals surface area contributed by atoms with E-state index in [0.29, 0.717) is 18.7 Å². The molecular weight excluding hydrogens is 200 g/mol. The normalized spacial score (nSPS) is 14.9. The van der Waals surface area contributed by atoms with Gasteiger partial charge in [0.2, 0.25) is 5.91 Å². The smallest absolute Gasteiger partial charge is 0.223 e. The molecule has 0 aliphatic heterocycles. The molecule has 2 atom stereocenters. The van der Waals surface area contributed by atoms with E-state index in [1.54, 1.807) is 25.3 Å². The van der Waals surface area contributed by atoms with E-state index in [1.165, 1.54) is 0 Å². The fourth-order valence-corrected chi connectivity index (χ4v) is 1.88. The van der Waals surface area contributed by atoms with Crippen molar-refractivity contribution in [2.75, 3.05) is 32.6 Å². The highest BCUT2D eigenvalue weighted by Crippen LogP contribution is 1.89. The summed E-state index contributed by atoms with van der Waals surface area (Å²) in [6.45, 7) is 2.62. The molecule has 0 heterocycles. The van der Waals surface area contributed by atoms with Crippen LogP contribution in [0.25, 0.3) is 0 Å². The molecule has 84 valence electrons. The molecule has 0 aromatic heterocycles. The molecule has 0 spiro atoms. The van der Waals surface area contributed by atoms with Gasteiger partial charge in [-0.25, -0.2) is 0 Å². The summed E-state index contributed by atoms with van der Waals surface area (Å²) in [7, 11) is 2.71. The van der Waals surface area contributed by atoms with Gasteiger partial charge in [-0.05, 0) is 6.92 Å². The summed E-state index contributed by atoms with van der Waals surface area (Å²) < 4.78 is 10.9. The maximum atomic E-state index is 11.2. The van der Waals surface area contributed by atoms with Crippen LogP contribution in [0, 0.1) is 0 Å². The molecule has 0 fully saturated rings. The average Bonchev–Trinajstić information content (AvgIpc) is 2.02. The Morgan fingerprint density at radius 3 is 2.50 bits per heavy atom. The van der Waals surface area contributed by atoms with E-state index in [-0.39, 0.29) is 11.9 Å². The van der Waals surface area contributed by atoms with Crippen LogP contribution in [0.5, 0.6) is 0 Å². The van der Waals surface area contributed by atoms with Crippen LogP contribution < -0.4 is 5.32 Å². The molecule has 4 nitrogen and oxygen atoms in total. The van der Waals surface area contributed by atoms with Crippen LogP contribution in [0.15, 0.2) is 0 Å². The van der Waals surface area contributed by atoms with Gasteiger partial charge in [0.05, 0.1) is 0 Å². The van der Waals surface area contributed by atoms with E-state index < -0.39 is 10.8 Å². The van der Waals surface area contributed by atoms with Crippen molar-refractivity contribution in [2.45, 2.75) is 19.4 Å². The molecule has 0 aromatic carbocycles. The van der Waals surface area contributed by atoms with Crippen molar-refractivity contribution in [3.63, 3.8) is 0 Å². The summed E-state index contributed by atoms with van der Waals surface area (Å²) in [5.41, 5.74) is 0. The van der Waals surface area contributed by atoms with Crippen molar-refractivity contribution >= 4 is 16.7 Å². The maximum absolute atomic E-state index is 11.2. The molecule has 5 heteroatoms. The minimum absolute atomic E-state index is 0.113. The number of carbonyl (C=O) groups is 1. The number of amides is 1. The summed E-state index contributed by atoms with van der Waals surface area (Å²) in [6, 6.07) is 0.204. The van der Waals surface area contributed by atoms with Gasteiger partial charge >= 0.3 is 0 Å². The molecule has 0 aliphatic rings. The Morgan fingerprint density at radius 1 is 1.50 bits per heavy atom. The summed E-state index contributed by atoms with van der Waals surface area (Å²) >= 11 is 0. The lowest BCUT2D eigenvalue weighted by Gasteiger charge is -2.14. The minimum atomic E-state index is -0.776. The highest BCUT2D eigenvalue weighted by atomic mass is 32.2. The number of rotatable bonds is 6. The highest BCUT2D eigenvalue weighted by molar-refractivity contribution is 7.84. The van der Waals surface area contributed by atoms with Gasteiger partial charge in [0, 0.05) is 55.9 Å². The number of nitrogens with zero attached hydrogens (tertiary/aromatic N) is 1. The van der Waals surface area contributed by atoms with E-state index in [1.807, 2.05) is 6.92 Å². The van der Waals surface area contributed by atoms with Crippen molar-refractivity contribution in [3.05, 3.63) is 0 Å². The third-order valence-corrected chi connectivity index (χ3v) is 2.78.